The van der Waals surface area contributed by atoms with Crippen LogP contribution in [0.15, 0.2) is 53.4 Å². The van der Waals surface area contributed by atoms with E-state index in [1.165, 1.54) is 32.0 Å². The van der Waals surface area contributed by atoms with Crippen molar-refractivity contribution in [1.29, 1.82) is 0 Å². The normalized spacial score (nSPS) is 19.6. The van der Waals surface area contributed by atoms with E-state index in [9.17, 15) is 13.2 Å². The summed E-state index contributed by atoms with van der Waals surface area (Å²) >= 11 is 1.54. The summed E-state index contributed by atoms with van der Waals surface area (Å²) in [7, 11) is -3.60. The Bertz CT molecular complexity index is 1220. The molecule has 0 amide bonds. The molecule has 162 valence electrons. The maximum atomic E-state index is 12.9. The largest absolute Gasteiger partial charge is 0.353 e. The molecule has 5 rings (SSSR count). The zero-order chi connectivity index (χ0) is 21.4. The van der Waals surface area contributed by atoms with E-state index in [4.69, 9.17) is 0 Å². The fourth-order valence-corrected chi connectivity index (χ4v) is 6.79. The summed E-state index contributed by atoms with van der Waals surface area (Å²) in [5, 5.41) is 1.21. The average Bonchev–Trinajstić information content (AvgIpc) is 3.22. The van der Waals surface area contributed by atoms with Crippen LogP contribution in [0.25, 0.3) is 10.1 Å². The lowest BCUT2D eigenvalue weighted by atomic mass is 10.1. The van der Waals surface area contributed by atoms with Crippen LogP contribution in [-0.4, -0.2) is 73.6 Å². The van der Waals surface area contributed by atoms with Crippen LogP contribution in [-0.2, 0) is 10.0 Å². The topological polar surface area (TPSA) is 73.8 Å². The number of hydrogen-bond acceptors (Lipinski definition) is 7. The second-order valence-corrected chi connectivity index (χ2v) is 10.7. The van der Waals surface area contributed by atoms with Gasteiger partial charge in [-0.3, -0.25) is 9.69 Å². The van der Waals surface area contributed by atoms with Gasteiger partial charge in [-0.15, -0.1) is 0 Å². The number of rotatable bonds is 5. The minimum absolute atomic E-state index is 0.0655. The third kappa shape index (κ3) is 3.87. The van der Waals surface area contributed by atoms with Crippen molar-refractivity contribution in [3.63, 3.8) is 0 Å². The summed E-state index contributed by atoms with van der Waals surface area (Å²) in [6, 6.07) is 14.8. The molecule has 0 N–H and O–H groups in total. The van der Waals surface area contributed by atoms with Crippen LogP contribution in [0.4, 0.5) is 5.82 Å². The van der Waals surface area contributed by atoms with Gasteiger partial charge in [0.15, 0.2) is 5.78 Å². The molecule has 9 heteroatoms. The quantitative estimate of drug-likeness (QED) is 0.588. The molecule has 1 saturated heterocycles. The summed E-state index contributed by atoms with van der Waals surface area (Å²) in [5.41, 5.74) is 0.310. The van der Waals surface area contributed by atoms with Crippen LogP contribution >= 0.6 is 11.5 Å². The van der Waals surface area contributed by atoms with Crippen LogP contribution in [0.5, 0.6) is 0 Å². The molecular weight excluding hydrogens is 432 g/mol. The van der Waals surface area contributed by atoms with Crippen LogP contribution in [0.1, 0.15) is 16.8 Å². The second-order valence-electron chi connectivity index (χ2n) is 7.94. The first-order chi connectivity index (χ1) is 15.0. The van der Waals surface area contributed by atoms with Gasteiger partial charge in [0.05, 0.1) is 16.1 Å². The SMILES string of the molecule is O=C1CN(CCCN2CCN(c3nsc4ccccc34)CC2)S(=O)(=O)c2ccccc21. The van der Waals surface area contributed by atoms with Gasteiger partial charge in [-0.05, 0) is 48.8 Å². The molecule has 0 spiro atoms. The van der Waals surface area contributed by atoms with E-state index in [1.807, 2.05) is 12.1 Å². The minimum atomic E-state index is -3.60. The summed E-state index contributed by atoms with van der Waals surface area (Å²) in [6.07, 6.45) is 0.703. The van der Waals surface area contributed by atoms with Crippen molar-refractivity contribution < 1.29 is 13.2 Å². The zero-order valence-corrected chi connectivity index (χ0v) is 18.7. The number of Topliss-reactive ketones (excluding diaryl/α,β-unsaturated/α-hetero) is 1. The highest BCUT2D eigenvalue weighted by molar-refractivity contribution is 7.89. The lowest BCUT2D eigenvalue weighted by Gasteiger charge is -2.35. The highest BCUT2D eigenvalue weighted by Gasteiger charge is 2.35. The van der Waals surface area contributed by atoms with E-state index >= 15 is 0 Å². The first-order valence-corrected chi connectivity index (χ1v) is 12.7. The molecule has 0 saturated carbocycles. The number of ketones is 1. The van der Waals surface area contributed by atoms with Gasteiger partial charge in [0.25, 0.3) is 0 Å². The monoisotopic (exact) mass is 456 g/mol. The van der Waals surface area contributed by atoms with Crippen molar-refractivity contribution in [2.75, 3.05) is 50.7 Å². The molecule has 2 aliphatic rings. The van der Waals surface area contributed by atoms with E-state index in [2.05, 4.69) is 26.3 Å². The van der Waals surface area contributed by atoms with Gasteiger partial charge in [0.1, 0.15) is 5.82 Å². The Morgan fingerprint density at radius 1 is 0.935 bits per heavy atom. The number of hydrogen-bond donors (Lipinski definition) is 0. The summed E-state index contributed by atoms with van der Waals surface area (Å²) in [5.74, 6) is 0.936. The van der Waals surface area contributed by atoms with Crippen molar-refractivity contribution in [3.05, 3.63) is 54.1 Å². The highest BCUT2D eigenvalue weighted by atomic mass is 32.2. The summed E-state index contributed by atoms with van der Waals surface area (Å²) in [4.78, 5) is 17.2. The van der Waals surface area contributed by atoms with Gasteiger partial charge < -0.3 is 4.90 Å². The summed E-state index contributed by atoms with van der Waals surface area (Å²) < 4.78 is 32.9. The zero-order valence-electron chi connectivity index (χ0n) is 17.1. The molecule has 0 unspecified atom stereocenters. The second kappa shape index (κ2) is 8.31. The molecule has 31 heavy (non-hydrogen) atoms. The van der Waals surface area contributed by atoms with Crippen molar-refractivity contribution in [2.24, 2.45) is 0 Å². The van der Waals surface area contributed by atoms with Crippen LogP contribution in [0.2, 0.25) is 0 Å². The fourth-order valence-electron chi connectivity index (χ4n) is 4.35. The lowest BCUT2D eigenvalue weighted by molar-refractivity contribution is 0.0954. The van der Waals surface area contributed by atoms with Crippen molar-refractivity contribution in [1.82, 2.24) is 13.6 Å². The maximum absolute atomic E-state index is 12.9. The number of aromatic nitrogens is 1. The molecule has 1 aromatic heterocycles. The van der Waals surface area contributed by atoms with E-state index < -0.39 is 10.0 Å². The Hall–Kier alpha value is -2.33. The van der Waals surface area contributed by atoms with Gasteiger partial charge in [-0.2, -0.15) is 8.68 Å². The molecule has 0 aliphatic carbocycles. The van der Waals surface area contributed by atoms with Crippen LogP contribution in [0, 0.1) is 0 Å². The average molecular weight is 457 g/mol. The minimum Gasteiger partial charge on any atom is -0.353 e. The number of piperazine rings is 1. The van der Waals surface area contributed by atoms with E-state index in [-0.39, 0.29) is 17.2 Å². The first-order valence-electron chi connectivity index (χ1n) is 10.5. The predicted molar refractivity (Wildman–Crippen MR) is 122 cm³/mol. The molecule has 1 fully saturated rings. The Kier molecular flexibility index (Phi) is 5.51. The standard InChI is InChI=1S/C22H24N4O3S2/c27-19-16-26(31(28,29)21-9-4-2-6-17(19)21)11-5-10-24-12-14-25(15-13-24)22-18-7-1-3-8-20(18)30-23-22/h1-4,6-9H,5,10-16H2. The van der Waals surface area contributed by atoms with Crippen molar-refractivity contribution >= 4 is 43.2 Å². The fraction of sp³-hybridized carbons (Fsp3) is 0.364. The molecule has 7 nitrogen and oxygen atoms in total. The van der Waals surface area contributed by atoms with Gasteiger partial charge in [-0.1, -0.05) is 24.3 Å². The third-order valence-electron chi connectivity index (χ3n) is 6.04. The Balaban J connectivity index is 1.16. The molecule has 3 heterocycles. The van der Waals surface area contributed by atoms with Gasteiger partial charge >= 0.3 is 0 Å². The number of sulfonamides is 1. The number of anilines is 1. The number of carbonyl (C=O) groups is 1. The molecule has 2 aliphatic heterocycles. The Morgan fingerprint density at radius 3 is 2.52 bits per heavy atom. The van der Waals surface area contributed by atoms with Crippen molar-refractivity contribution in [2.45, 2.75) is 11.3 Å². The number of carbonyl (C=O) groups excluding carboxylic acids is 1. The van der Waals surface area contributed by atoms with Crippen molar-refractivity contribution in [3.8, 4) is 0 Å². The third-order valence-corrected chi connectivity index (χ3v) is 8.76. The Morgan fingerprint density at radius 2 is 1.68 bits per heavy atom. The molecular formula is C22H24N4O3S2. The highest BCUT2D eigenvalue weighted by Crippen LogP contribution is 2.30. The predicted octanol–water partition coefficient (Wildman–Crippen LogP) is 2.70. The molecule has 0 atom stereocenters. The van der Waals surface area contributed by atoms with E-state index in [0.29, 0.717) is 18.5 Å². The smallest absolute Gasteiger partial charge is 0.244 e. The first kappa shape index (κ1) is 20.6. The van der Waals surface area contributed by atoms with Crippen LogP contribution in [0.3, 0.4) is 0 Å². The molecule has 3 aromatic rings. The maximum Gasteiger partial charge on any atom is 0.244 e. The van der Waals surface area contributed by atoms with Crippen LogP contribution < -0.4 is 4.90 Å². The van der Waals surface area contributed by atoms with E-state index in [0.717, 1.165) is 38.5 Å². The number of nitrogens with zero attached hydrogens (tertiary/aromatic N) is 4. The van der Waals surface area contributed by atoms with E-state index in [1.54, 1.807) is 18.2 Å². The van der Waals surface area contributed by atoms with Gasteiger partial charge in [0, 0.05) is 43.7 Å². The number of benzene rings is 2. The molecule has 0 radical (unpaired) electrons. The van der Waals surface area contributed by atoms with Gasteiger partial charge in [0.2, 0.25) is 10.0 Å². The summed E-state index contributed by atoms with van der Waals surface area (Å²) in [6.45, 7) is 4.75. The molecule has 2 aromatic carbocycles. The number of fused-ring (bicyclic) bond motifs is 2. The molecule has 0 bridgehead atoms. The lowest BCUT2D eigenvalue weighted by Crippen LogP contribution is -2.47. The van der Waals surface area contributed by atoms with Gasteiger partial charge in [-0.25, -0.2) is 8.42 Å². The Labute approximate surface area is 186 Å².